The van der Waals surface area contributed by atoms with Crippen LogP contribution in [0.25, 0.3) is 0 Å². The fourth-order valence-corrected chi connectivity index (χ4v) is 1.75. The maximum atomic E-state index is 11.5. The van der Waals surface area contributed by atoms with E-state index >= 15 is 0 Å². The van der Waals surface area contributed by atoms with Gasteiger partial charge < -0.3 is 25.3 Å². The summed E-state index contributed by atoms with van der Waals surface area (Å²) >= 11 is 0. The minimum Gasteiger partial charge on any atom is -0.619 e. The highest BCUT2D eigenvalue weighted by Crippen LogP contribution is 2.27. The van der Waals surface area contributed by atoms with E-state index in [0.29, 0.717) is 4.73 Å². The Morgan fingerprint density at radius 1 is 1.47 bits per heavy atom. The molecule has 94 valence electrons. The molecule has 0 spiro atoms. The van der Waals surface area contributed by atoms with E-state index in [4.69, 9.17) is 9.84 Å². The zero-order valence-corrected chi connectivity index (χ0v) is 8.71. The van der Waals surface area contributed by atoms with Gasteiger partial charge in [-0.05, 0) is 0 Å². The van der Waals surface area contributed by atoms with Gasteiger partial charge in [-0.2, -0.15) is 4.73 Å². The van der Waals surface area contributed by atoms with Crippen LogP contribution in [0.2, 0.25) is 0 Å². The number of hydrogen-bond donors (Lipinski definition) is 3. The Balaban J connectivity index is 2.32. The van der Waals surface area contributed by atoms with Crippen molar-refractivity contribution in [3.63, 3.8) is 0 Å². The van der Waals surface area contributed by atoms with Crippen LogP contribution in [0.5, 0.6) is 0 Å². The predicted octanol–water partition coefficient (Wildman–Crippen LogP) is -2.91. The van der Waals surface area contributed by atoms with Gasteiger partial charge in [0.05, 0.1) is 12.8 Å². The van der Waals surface area contributed by atoms with Crippen molar-refractivity contribution in [3.8, 4) is 0 Å². The Morgan fingerprint density at radius 3 is 2.71 bits per heavy atom. The monoisotopic (exact) mass is 244 g/mol. The van der Waals surface area contributed by atoms with E-state index in [1.165, 1.54) is 0 Å². The van der Waals surface area contributed by atoms with Crippen LogP contribution < -0.4 is 10.3 Å². The summed E-state index contributed by atoms with van der Waals surface area (Å²) in [6.45, 7) is -0.474. The van der Waals surface area contributed by atoms with Crippen LogP contribution >= 0.6 is 0 Å². The third kappa shape index (κ3) is 2.03. The highest BCUT2D eigenvalue weighted by atomic mass is 16.6. The number of aliphatic hydroxyl groups is 3. The van der Waals surface area contributed by atoms with E-state index in [0.717, 1.165) is 23.2 Å². The summed E-state index contributed by atoms with van der Waals surface area (Å²) in [7, 11) is 0. The van der Waals surface area contributed by atoms with Gasteiger partial charge in [-0.1, -0.05) is 0 Å². The quantitative estimate of drug-likeness (QED) is 0.379. The molecule has 0 aliphatic carbocycles. The summed E-state index contributed by atoms with van der Waals surface area (Å²) in [5, 5.41) is 38.9. The van der Waals surface area contributed by atoms with Gasteiger partial charge in [0.15, 0.2) is 12.4 Å². The number of nitrogens with zero attached hydrogens (tertiary/aromatic N) is 2. The molecule has 4 atom stereocenters. The first kappa shape index (κ1) is 12.0. The first-order valence-electron chi connectivity index (χ1n) is 4.98. The van der Waals surface area contributed by atoms with Gasteiger partial charge in [-0.3, -0.25) is 9.36 Å². The summed E-state index contributed by atoms with van der Waals surface area (Å²) in [6.07, 6.45) is -1.71. The first-order valence-corrected chi connectivity index (χ1v) is 4.98. The lowest BCUT2D eigenvalue weighted by molar-refractivity contribution is -0.607. The Hall–Kier alpha value is -1.48. The highest BCUT2D eigenvalue weighted by molar-refractivity contribution is 4.91. The summed E-state index contributed by atoms with van der Waals surface area (Å²) in [6, 6.07) is 0. The van der Waals surface area contributed by atoms with Gasteiger partial charge in [0.2, 0.25) is 6.20 Å². The van der Waals surface area contributed by atoms with Gasteiger partial charge in [0, 0.05) is 0 Å². The van der Waals surface area contributed by atoms with Crippen LogP contribution in [-0.2, 0) is 4.74 Å². The van der Waals surface area contributed by atoms with Crippen molar-refractivity contribution in [2.24, 2.45) is 0 Å². The van der Waals surface area contributed by atoms with Crippen LogP contribution in [0, 0.1) is 5.21 Å². The molecule has 0 bridgehead atoms. The molecule has 3 N–H and O–H groups in total. The standard InChI is InChI=1S/C9H12N2O6/c12-4-5-7(14)8(15)9(17-5)11-2-1-10(16)3-6(11)13/h1-3,5,7-9,12,14-15H,4H2/t5-,7-,8-,9+/m1/s1. The summed E-state index contributed by atoms with van der Waals surface area (Å²) in [4.78, 5) is 11.5. The van der Waals surface area contributed by atoms with Crippen molar-refractivity contribution in [1.82, 2.24) is 4.57 Å². The van der Waals surface area contributed by atoms with E-state index < -0.39 is 36.7 Å². The van der Waals surface area contributed by atoms with Crippen molar-refractivity contribution in [2.45, 2.75) is 24.5 Å². The molecule has 8 heteroatoms. The van der Waals surface area contributed by atoms with Crippen molar-refractivity contribution < 1.29 is 24.8 Å². The van der Waals surface area contributed by atoms with E-state index in [1.54, 1.807) is 0 Å². The third-order valence-electron chi connectivity index (χ3n) is 2.66. The molecule has 1 aliphatic heterocycles. The molecule has 0 amide bonds. The van der Waals surface area contributed by atoms with Gasteiger partial charge in [0.25, 0.3) is 0 Å². The lowest BCUT2D eigenvalue weighted by Crippen LogP contribution is -2.39. The molecule has 2 rings (SSSR count). The van der Waals surface area contributed by atoms with Crippen molar-refractivity contribution >= 4 is 0 Å². The molecule has 17 heavy (non-hydrogen) atoms. The van der Waals surface area contributed by atoms with E-state index in [9.17, 15) is 20.2 Å². The summed E-state index contributed by atoms with van der Waals surface area (Å²) in [5.74, 6) is 0. The number of aliphatic hydroxyl groups excluding tert-OH is 3. The van der Waals surface area contributed by atoms with Crippen LogP contribution in [0.3, 0.4) is 0 Å². The van der Waals surface area contributed by atoms with Crippen molar-refractivity contribution in [2.75, 3.05) is 6.61 Å². The van der Waals surface area contributed by atoms with Crippen LogP contribution in [0.1, 0.15) is 6.23 Å². The van der Waals surface area contributed by atoms with Gasteiger partial charge in [0.1, 0.15) is 18.3 Å². The molecule has 0 aromatic carbocycles. The Kier molecular flexibility index (Phi) is 3.11. The fraction of sp³-hybridized carbons (Fsp3) is 0.556. The summed E-state index contributed by atoms with van der Waals surface area (Å²) in [5.41, 5.74) is -0.669. The Morgan fingerprint density at radius 2 is 2.18 bits per heavy atom. The van der Waals surface area contributed by atoms with Crippen LogP contribution in [0.4, 0.5) is 0 Å². The zero-order chi connectivity index (χ0) is 12.6. The van der Waals surface area contributed by atoms with Crippen LogP contribution in [0.15, 0.2) is 23.4 Å². The van der Waals surface area contributed by atoms with Gasteiger partial charge >= 0.3 is 5.56 Å². The second kappa shape index (κ2) is 4.41. The zero-order valence-electron chi connectivity index (χ0n) is 8.71. The average molecular weight is 244 g/mol. The maximum absolute atomic E-state index is 11.5. The molecule has 2 heterocycles. The first-order chi connectivity index (χ1) is 8.04. The number of rotatable bonds is 2. The minimum atomic E-state index is -1.34. The predicted molar refractivity (Wildman–Crippen MR) is 52.7 cm³/mol. The normalized spacial score (nSPS) is 32.9. The average Bonchev–Trinajstić information content (AvgIpc) is 2.57. The van der Waals surface area contributed by atoms with Crippen molar-refractivity contribution in [3.05, 3.63) is 34.2 Å². The lowest BCUT2D eigenvalue weighted by atomic mass is 10.1. The third-order valence-corrected chi connectivity index (χ3v) is 2.66. The molecule has 1 aromatic rings. The fourth-order valence-electron chi connectivity index (χ4n) is 1.75. The topological polar surface area (TPSA) is 119 Å². The molecule has 8 nitrogen and oxygen atoms in total. The smallest absolute Gasteiger partial charge is 0.318 e. The largest absolute Gasteiger partial charge is 0.619 e. The molecule has 1 saturated heterocycles. The Labute approximate surface area is 95.5 Å². The maximum Gasteiger partial charge on any atom is 0.318 e. The molecule has 0 unspecified atom stereocenters. The number of hydrogen-bond acceptors (Lipinski definition) is 6. The molecule has 1 aromatic heterocycles. The molecule has 0 saturated carbocycles. The number of aromatic nitrogens is 2. The van der Waals surface area contributed by atoms with Crippen LogP contribution in [-0.4, -0.2) is 44.8 Å². The highest BCUT2D eigenvalue weighted by Gasteiger charge is 2.43. The second-order valence-corrected chi connectivity index (χ2v) is 3.76. The second-order valence-electron chi connectivity index (χ2n) is 3.76. The van der Waals surface area contributed by atoms with E-state index in [-0.39, 0.29) is 0 Å². The van der Waals surface area contributed by atoms with Gasteiger partial charge in [-0.15, -0.1) is 0 Å². The molecule has 0 radical (unpaired) electrons. The van der Waals surface area contributed by atoms with Crippen molar-refractivity contribution in [1.29, 1.82) is 0 Å². The van der Waals surface area contributed by atoms with E-state index in [1.807, 2.05) is 0 Å². The molecular formula is C9H12N2O6. The lowest BCUT2D eigenvalue weighted by Gasteiger charge is -2.16. The SMILES string of the molecule is O=c1c[n+]([O-])ccn1[C@H]1O[C@H](CO)[C@@H](O)[C@H]1O. The molecular weight excluding hydrogens is 232 g/mol. The Bertz CT molecular complexity index is 461. The molecule has 1 fully saturated rings. The molecule has 1 aliphatic rings. The van der Waals surface area contributed by atoms with E-state index in [2.05, 4.69) is 0 Å². The summed E-state index contributed by atoms with van der Waals surface area (Å²) < 4.78 is 6.45. The number of ether oxygens (including phenoxy) is 1. The van der Waals surface area contributed by atoms with Gasteiger partial charge in [-0.25, -0.2) is 0 Å². The minimum absolute atomic E-state index is 0.320.